The minimum Gasteiger partial charge on any atom is -0.497 e. The van der Waals surface area contributed by atoms with Crippen LogP contribution in [0.2, 0.25) is 0 Å². The number of urea groups is 1. The molecule has 2 N–H and O–H groups in total. The van der Waals surface area contributed by atoms with E-state index in [4.69, 9.17) is 18.6 Å². The third-order valence-corrected chi connectivity index (χ3v) is 3.66. The highest BCUT2D eigenvalue weighted by Crippen LogP contribution is 2.25. The fourth-order valence-electron chi connectivity index (χ4n) is 2.33. The summed E-state index contributed by atoms with van der Waals surface area (Å²) >= 11 is 0. The number of anilines is 1. The Morgan fingerprint density at radius 1 is 1.07 bits per heavy atom. The number of hydrogen-bond acceptors (Lipinski definition) is 7. The minimum atomic E-state index is -0.377. The second-order valence-electron chi connectivity index (χ2n) is 5.56. The molecule has 9 heteroatoms. The molecule has 0 aliphatic heterocycles. The van der Waals surface area contributed by atoms with Crippen LogP contribution in [-0.2, 0) is 0 Å². The number of hydrogen-bond donors (Lipinski definition) is 2. The van der Waals surface area contributed by atoms with Crippen LogP contribution in [0.4, 0.5) is 10.5 Å². The Balaban J connectivity index is 1.43. The van der Waals surface area contributed by atoms with Gasteiger partial charge in [-0.1, -0.05) is 0 Å². The predicted molar refractivity (Wildman–Crippen MR) is 102 cm³/mol. The Kier molecular flexibility index (Phi) is 6.29. The molecule has 0 saturated heterocycles. The summed E-state index contributed by atoms with van der Waals surface area (Å²) in [6.45, 7) is 0.526. The van der Waals surface area contributed by atoms with Gasteiger partial charge in [-0.25, -0.2) is 4.79 Å². The Hall–Kier alpha value is -3.75. The molecule has 3 aromatic rings. The minimum absolute atomic E-state index is 0.240. The third-order valence-electron chi connectivity index (χ3n) is 3.66. The summed E-state index contributed by atoms with van der Waals surface area (Å²) in [5.41, 5.74) is 1.16. The molecule has 2 aromatic heterocycles. The maximum absolute atomic E-state index is 12.0. The van der Waals surface area contributed by atoms with Gasteiger partial charge in [-0.3, -0.25) is 0 Å². The lowest BCUT2D eigenvalue weighted by Crippen LogP contribution is -2.32. The van der Waals surface area contributed by atoms with Crippen molar-refractivity contribution in [3.63, 3.8) is 0 Å². The number of nitrogens with zero attached hydrogens (tertiary/aromatic N) is 2. The van der Waals surface area contributed by atoms with E-state index in [0.29, 0.717) is 34.5 Å². The van der Waals surface area contributed by atoms with E-state index < -0.39 is 0 Å². The van der Waals surface area contributed by atoms with Crippen molar-refractivity contribution in [2.45, 2.75) is 0 Å². The maximum Gasteiger partial charge on any atom is 0.319 e. The second kappa shape index (κ2) is 9.26. The zero-order valence-electron chi connectivity index (χ0n) is 15.5. The number of methoxy groups -OCH3 is 2. The molecule has 0 aliphatic rings. The quantitative estimate of drug-likeness (QED) is 0.575. The zero-order chi connectivity index (χ0) is 19.8. The molecule has 0 aliphatic carbocycles. The molecule has 0 fully saturated rings. The van der Waals surface area contributed by atoms with E-state index in [-0.39, 0.29) is 19.2 Å². The van der Waals surface area contributed by atoms with Gasteiger partial charge in [-0.2, -0.15) is 0 Å². The predicted octanol–water partition coefficient (Wildman–Crippen LogP) is 2.95. The van der Waals surface area contributed by atoms with Gasteiger partial charge >= 0.3 is 6.03 Å². The summed E-state index contributed by atoms with van der Waals surface area (Å²) in [4.78, 5) is 12.0. The van der Waals surface area contributed by atoms with E-state index in [9.17, 15) is 4.79 Å². The first-order valence-corrected chi connectivity index (χ1v) is 8.46. The number of aromatic nitrogens is 2. The molecule has 9 nitrogen and oxygen atoms in total. The maximum atomic E-state index is 12.0. The van der Waals surface area contributed by atoms with Gasteiger partial charge in [0.2, 0.25) is 5.88 Å². The van der Waals surface area contributed by atoms with Crippen LogP contribution in [0.1, 0.15) is 0 Å². The summed E-state index contributed by atoms with van der Waals surface area (Å²) in [7, 11) is 3.08. The van der Waals surface area contributed by atoms with Crippen LogP contribution < -0.4 is 24.8 Å². The number of carbonyl (C=O) groups is 1. The molecule has 0 unspecified atom stereocenters. The lowest BCUT2D eigenvalue weighted by atomic mass is 10.3. The van der Waals surface area contributed by atoms with Gasteiger partial charge in [0.15, 0.2) is 5.76 Å². The molecule has 0 bridgehead atoms. The van der Waals surface area contributed by atoms with Crippen molar-refractivity contribution in [1.82, 2.24) is 15.5 Å². The smallest absolute Gasteiger partial charge is 0.319 e. The fraction of sp³-hybridized carbons (Fsp3) is 0.211. The van der Waals surface area contributed by atoms with E-state index in [1.807, 2.05) is 0 Å². The summed E-state index contributed by atoms with van der Waals surface area (Å²) < 4.78 is 21.0. The topological polar surface area (TPSA) is 108 Å². The molecule has 28 heavy (non-hydrogen) atoms. The van der Waals surface area contributed by atoms with Gasteiger partial charge in [0.25, 0.3) is 0 Å². The normalized spacial score (nSPS) is 10.2. The van der Waals surface area contributed by atoms with Crippen molar-refractivity contribution in [3.8, 4) is 28.8 Å². The number of rotatable bonds is 8. The van der Waals surface area contributed by atoms with Gasteiger partial charge in [0.1, 0.15) is 23.8 Å². The number of nitrogens with one attached hydrogen (secondary N) is 2. The van der Waals surface area contributed by atoms with E-state index in [2.05, 4.69) is 20.8 Å². The number of furan rings is 1. The van der Waals surface area contributed by atoms with Crippen molar-refractivity contribution in [2.75, 3.05) is 32.7 Å². The molecule has 2 amide bonds. The van der Waals surface area contributed by atoms with Crippen molar-refractivity contribution in [1.29, 1.82) is 0 Å². The molecule has 146 valence electrons. The van der Waals surface area contributed by atoms with Crippen LogP contribution >= 0.6 is 0 Å². The van der Waals surface area contributed by atoms with E-state index >= 15 is 0 Å². The summed E-state index contributed by atoms with van der Waals surface area (Å²) in [6.07, 6.45) is 1.57. The van der Waals surface area contributed by atoms with Gasteiger partial charge < -0.3 is 29.3 Å². The highest BCUT2D eigenvalue weighted by molar-refractivity contribution is 5.89. The van der Waals surface area contributed by atoms with E-state index in [0.717, 1.165) is 0 Å². The van der Waals surface area contributed by atoms with E-state index in [1.54, 1.807) is 62.9 Å². The molecule has 0 radical (unpaired) electrons. The van der Waals surface area contributed by atoms with Crippen molar-refractivity contribution < 1.29 is 23.4 Å². The number of benzene rings is 1. The van der Waals surface area contributed by atoms with Crippen molar-refractivity contribution in [2.24, 2.45) is 0 Å². The van der Waals surface area contributed by atoms with Crippen LogP contribution in [0.5, 0.6) is 17.4 Å². The first-order valence-electron chi connectivity index (χ1n) is 8.46. The number of carbonyl (C=O) groups excluding carboxylic acids is 1. The zero-order valence-corrected chi connectivity index (χ0v) is 15.5. The molecule has 3 rings (SSSR count). The SMILES string of the molecule is COc1cc(NC(=O)NCCOc2ccc(-c3ccco3)nn2)cc(OC)c1. The van der Waals surface area contributed by atoms with Crippen LogP contribution in [0.15, 0.2) is 53.1 Å². The summed E-state index contributed by atoms with van der Waals surface area (Å²) in [5.74, 6) is 2.14. The summed E-state index contributed by atoms with van der Waals surface area (Å²) in [5, 5.41) is 13.4. The molecule has 2 heterocycles. The van der Waals surface area contributed by atoms with Crippen LogP contribution in [0.25, 0.3) is 11.5 Å². The fourth-order valence-corrected chi connectivity index (χ4v) is 2.33. The van der Waals surface area contributed by atoms with Gasteiger partial charge in [-0.05, 0) is 18.2 Å². The average molecular weight is 384 g/mol. The van der Waals surface area contributed by atoms with Crippen molar-refractivity contribution in [3.05, 3.63) is 48.7 Å². The van der Waals surface area contributed by atoms with Crippen LogP contribution in [0, 0.1) is 0 Å². The van der Waals surface area contributed by atoms with Gasteiger partial charge in [-0.15, -0.1) is 10.2 Å². The highest BCUT2D eigenvalue weighted by Gasteiger charge is 2.07. The van der Waals surface area contributed by atoms with Crippen LogP contribution in [-0.4, -0.2) is 43.6 Å². The second-order valence-corrected chi connectivity index (χ2v) is 5.56. The van der Waals surface area contributed by atoms with Crippen LogP contribution in [0.3, 0.4) is 0 Å². The molecular weight excluding hydrogens is 364 g/mol. The molecule has 0 saturated carbocycles. The average Bonchev–Trinajstić information content (AvgIpc) is 3.26. The monoisotopic (exact) mass is 384 g/mol. The lowest BCUT2D eigenvalue weighted by Gasteiger charge is -2.11. The van der Waals surface area contributed by atoms with Gasteiger partial charge in [0, 0.05) is 30.0 Å². The first-order chi connectivity index (χ1) is 13.7. The standard InChI is InChI=1S/C19H20N4O5/c1-25-14-10-13(11-15(12-14)26-2)21-19(24)20-7-9-28-18-6-5-16(22-23-18)17-4-3-8-27-17/h3-6,8,10-12H,7,9H2,1-2H3,(H2,20,21,24). The Morgan fingerprint density at radius 2 is 1.86 bits per heavy atom. The number of ether oxygens (including phenoxy) is 3. The first kappa shape index (κ1) is 19.0. The van der Waals surface area contributed by atoms with Crippen molar-refractivity contribution >= 4 is 11.7 Å². The largest absolute Gasteiger partial charge is 0.497 e. The summed E-state index contributed by atoms with van der Waals surface area (Å²) in [6, 6.07) is 11.7. The highest BCUT2D eigenvalue weighted by atomic mass is 16.5. The Bertz CT molecular complexity index is 875. The third kappa shape index (κ3) is 5.13. The lowest BCUT2D eigenvalue weighted by molar-refractivity contribution is 0.246. The van der Waals surface area contributed by atoms with E-state index in [1.165, 1.54) is 0 Å². The molecule has 0 atom stereocenters. The number of amides is 2. The molecule has 0 spiro atoms. The Labute approximate surface area is 161 Å². The Morgan fingerprint density at radius 3 is 2.46 bits per heavy atom. The molecule has 1 aromatic carbocycles. The van der Waals surface area contributed by atoms with Gasteiger partial charge in [0.05, 0.1) is 27.0 Å². The molecular formula is C19H20N4O5.